The molecule has 11 heteroatoms. The van der Waals surface area contributed by atoms with Crippen molar-refractivity contribution in [3.63, 3.8) is 0 Å². The fraction of sp³-hybridized carbons (Fsp3) is 0.440. The number of hydrogen-bond donors (Lipinski definition) is 0. The Bertz CT molecular complexity index is 1280. The van der Waals surface area contributed by atoms with Gasteiger partial charge in [-0.15, -0.1) is 22.7 Å². The van der Waals surface area contributed by atoms with Gasteiger partial charge in [-0.25, -0.2) is 9.97 Å². The summed E-state index contributed by atoms with van der Waals surface area (Å²) < 4.78 is 0. The highest BCUT2D eigenvalue weighted by molar-refractivity contribution is 7.13. The number of anilines is 1. The Balaban J connectivity index is 1.15. The Morgan fingerprint density at radius 1 is 0.917 bits per heavy atom. The van der Waals surface area contributed by atoms with Crippen LogP contribution < -0.4 is 4.90 Å². The molecule has 4 heterocycles. The maximum absolute atomic E-state index is 13.1. The highest BCUT2D eigenvalue weighted by Gasteiger charge is 2.30. The Hall–Kier alpha value is -2.20. The maximum Gasteiger partial charge on any atom is 0.273 e. The molecule has 2 fully saturated rings. The summed E-state index contributed by atoms with van der Waals surface area (Å²) >= 11 is 15.2. The number of rotatable bonds is 4. The summed E-state index contributed by atoms with van der Waals surface area (Å²) in [7, 11) is 0. The van der Waals surface area contributed by atoms with Crippen LogP contribution in [0, 0.1) is 13.8 Å². The van der Waals surface area contributed by atoms with Crippen molar-refractivity contribution in [2.24, 2.45) is 0 Å². The number of carbonyl (C=O) groups excluding carboxylic acids is 2. The number of benzene rings is 1. The number of nitrogens with zero attached hydrogens (tertiary/aromatic N) is 5. The van der Waals surface area contributed by atoms with Crippen molar-refractivity contribution in [3.8, 4) is 0 Å². The molecule has 0 bridgehead atoms. The molecule has 5 rings (SSSR count). The monoisotopic (exact) mass is 563 g/mol. The number of piperidine rings is 1. The number of hydrogen-bond acceptors (Lipinski definition) is 7. The summed E-state index contributed by atoms with van der Waals surface area (Å²) in [6.45, 7) is 7.92. The highest BCUT2D eigenvalue weighted by atomic mass is 35.5. The van der Waals surface area contributed by atoms with Gasteiger partial charge in [0.15, 0.2) is 0 Å². The first kappa shape index (κ1) is 25.4. The van der Waals surface area contributed by atoms with Gasteiger partial charge in [-0.3, -0.25) is 9.59 Å². The molecule has 36 heavy (non-hydrogen) atoms. The van der Waals surface area contributed by atoms with Crippen molar-refractivity contribution in [3.05, 3.63) is 59.9 Å². The molecule has 1 aromatic carbocycles. The Kier molecular flexibility index (Phi) is 7.53. The average Bonchev–Trinajstić information content (AvgIpc) is 3.51. The maximum atomic E-state index is 13.1. The minimum absolute atomic E-state index is 0.0186. The molecule has 2 aliphatic heterocycles. The van der Waals surface area contributed by atoms with E-state index >= 15 is 0 Å². The second kappa shape index (κ2) is 10.7. The third-order valence-corrected chi connectivity index (χ3v) is 9.61. The minimum atomic E-state index is -0.0186. The Morgan fingerprint density at radius 2 is 1.61 bits per heavy atom. The zero-order chi connectivity index (χ0) is 25.4. The van der Waals surface area contributed by atoms with Crippen LogP contribution in [0.5, 0.6) is 0 Å². The number of aromatic nitrogens is 2. The average molecular weight is 565 g/mol. The molecule has 2 aliphatic rings. The molecule has 7 nitrogen and oxygen atoms in total. The molecule has 0 N–H and O–H groups in total. The van der Waals surface area contributed by atoms with E-state index in [9.17, 15) is 9.59 Å². The predicted molar refractivity (Wildman–Crippen MR) is 146 cm³/mol. The number of amides is 2. The van der Waals surface area contributed by atoms with Crippen LogP contribution in [0.25, 0.3) is 0 Å². The fourth-order valence-corrected chi connectivity index (χ4v) is 6.93. The van der Waals surface area contributed by atoms with Crippen LogP contribution >= 0.6 is 45.9 Å². The molecule has 0 aliphatic carbocycles. The molecule has 2 saturated heterocycles. The molecule has 2 amide bonds. The first-order chi connectivity index (χ1) is 17.3. The van der Waals surface area contributed by atoms with E-state index in [4.69, 9.17) is 28.2 Å². The summed E-state index contributed by atoms with van der Waals surface area (Å²) in [5.74, 6) is 0.331. The first-order valence-electron chi connectivity index (χ1n) is 12.0. The van der Waals surface area contributed by atoms with Crippen molar-refractivity contribution in [1.82, 2.24) is 19.8 Å². The van der Waals surface area contributed by atoms with Crippen molar-refractivity contribution >= 4 is 63.4 Å². The van der Waals surface area contributed by atoms with Crippen LogP contribution in [0.4, 0.5) is 5.69 Å². The van der Waals surface area contributed by atoms with Gasteiger partial charge in [0.05, 0.1) is 25.8 Å². The molecule has 0 spiro atoms. The largest absolute Gasteiger partial charge is 0.368 e. The molecule has 0 unspecified atom stereocenters. The van der Waals surface area contributed by atoms with Crippen LogP contribution in [-0.4, -0.2) is 70.9 Å². The van der Waals surface area contributed by atoms with Gasteiger partial charge < -0.3 is 14.7 Å². The van der Waals surface area contributed by atoms with Crippen LogP contribution in [0.2, 0.25) is 10.0 Å². The summed E-state index contributed by atoms with van der Waals surface area (Å²) in [6, 6.07) is 5.62. The third-order valence-electron chi connectivity index (χ3n) is 6.81. The zero-order valence-corrected chi connectivity index (χ0v) is 23.3. The normalized spacial score (nSPS) is 17.1. The van der Waals surface area contributed by atoms with Gasteiger partial charge in [0.1, 0.15) is 10.6 Å². The standard InChI is InChI=1S/C25H27Cl2N5O2S2/c1-15-22(36-16(2)28-15)25(34)31-7-5-17(6-8-31)23-29-21(14-35-23)24(33)32-11-9-30(10-12-32)18-3-4-19(26)20(27)13-18/h3-4,13-14,17H,5-12H2,1-2H3. The third kappa shape index (κ3) is 5.25. The molecule has 0 saturated carbocycles. The van der Waals surface area contributed by atoms with E-state index in [1.54, 1.807) is 17.4 Å². The molecule has 3 aromatic rings. The number of carbonyl (C=O) groups is 2. The van der Waals surface area contributed by atoms with E-state index in [0.29, 0.717) is 41.9 Å². The topological polar surface area (TPSA) is 69.6 Å². The molecule has 0 atom stereocenters. The number of aryl methyl sites for hydroxylation is 2. The number of thiazole rings is 2. The summed E-state index contributed by atoms with van der Waals surface area (Å²) in [4.78, 5) is 41.9. The van der Waals surface area contributed by atoms with E-state index in [-0.39, 0.29) is 17.7 Å². The smallest absolute Gasteiger partial charge is 0.273 e. The molecular formula is C25H27Cl2N5O2S2. The Morgan fingerprint density at radius 3 is 2.25 bits per heavy atom. The quantitative estimate of drug-likeness (QED) is 0.418. The van der Waals surface area contributed by atoms with Gasteiger partial charge in [-0.05, 0) is 44.9 Å². The van der Waals surface area contributed by atoms with E-state index in [1.807, 2.05) is 41.2 Å². The van der Waals surface area contributed by atoms with Crippen LogP contribution in [-0.2, 0) is 0 Å². The van der Waals surface area contributed by atoms with Crippen LogP contribution in [0.15, 0.2) is 23.6 Å². The van der Waals surface area contributed by atoms with Crippen LogP contribution in [0.3, 0.4) is 0 Å². The SMILES string of the molecule is Cc1nc(C)c(C(=O)N2CCC(c3nc(C(=O)N4CCN(c5ccc(Cl)c(Cl)c5)CC4)cs3)CC2)s1. The van der Waals surface area contributed by atoms with Gasteiger partial charge in [-0.2, -0.15) is 0 Å². The van der Waals surface area contributed by atoms with Gasteiger partial charge >= 0.3 is 0 Å². The lowest BCUT2D eigenvalue weighted by Crippen LogP contribution is -2.48. The lowest BCUT2D eigenvalue weighted by Gasteiger charge is -2.36. The zero-order valence-electron chi connectivity index (χ0n) is 20.2. The predicted octanol–water partition coefficient (Wildman–Crippen LogP) is 5.51. The molecular weight excluding hydrogens is 537 g/mol. The summed E-state index contributed by atoms with van der Waals surface area (Å²) in [5, 5.41) is 4.86. The second-order valence-electron chi connectivity index (χ2n) is 9.16. The van der Waals surface area contributed by atoms with E-state index < -0.39 is 0 Å². The number of likely N-dealkylation sites (tertiary alicyclic amines) is 1. The van der Waals surface area contributed by atoms with Crippen LogP contribution in [0.1, 0.15) is 54.6 Å². The van der Waals surface area contributed by atoms with Gasteiger partial charge in [0, 0.05) is 56.3 Å². The van der Waals surface area contributed by atoms with Crippen molar-refractivity contribution in [1.29, 1.82) is 0 Å². The molecule has 190 valence electrons. The number of halogens is 2. The van der Waals surface area contributed by atoms with E-state index in [2.05, 4.69) is 9.88 Å². The van der Waals surface area contributed by atoms with Gasteiger partial charge in [-0.1, -0.05) is 23.2 Å². The molecule has 0 radical (unpaired) electrons. The first-order valence-corrected chi connectivity index (χ1v) is 14.4. The summed E-state index contributed by atoms with van der Waals surface area (Å²) in [5.41, 5.74) is 2.34. The minimum Gasteiger partial charge on any atom is -0.368 e. The fourth-order valence-electron chi connectivity index (χ4n) is 4.79. The Labute approximate surface area is 228 Å². The van der Waals surface area contributed by atoms with E-state index in [1.165, 1.54) is 11.3 Å². The van der Waals surface area contributed by atoms with Crippen molar-refractivity contribution < 1.29 is 9.59 Å². The van der Waals surface area contributed by atoms with Crippen molar-refractivity contribution in [2.75, 3.05) is 44.2 Å². The molecule has 2 aromatic heterocycles. The van der Waals surface area contributed by atoms with E-state index in [0.717, 1.165) is 52.2 Å². The van der Waals surface area contributed by atoms with Gasteiger partial charge in [0.2, 0.25) is 0 Å². The number of piperazine rings is 1. The summed E-state index contributed by atoms with van der Waals surface area (Å²) in [6.07, 6.45) is 1.71. The lowest BCUT2D eigenvalue weighted by atomic mass is 9.97. The lowest BCUT2D eigenvalue weighted by molar-refractivity contribution is 0.0716. The van der Waals surface area contributed by atoms with Gasteiger partial charge in [0.25, 0.3) is 11.8 Å². The highest BCUT2D eigenvalue weighted by Crippen LogP contribution is 2.32. The van der Waals surface area contributed by atoms with Crippen molar-refractivity contribution in [2.45, 2.75) is 32.6 Å². The second-order valence-corrected chi connectivity index (χ2v) is 12.1.